The van der Waals surface area contributed by atoms with E-state index in [-0.39, 0.29) is 0 Å². The molecule has 0 saturated heterocycles. The molecule has 2 aromatic rings. The Balaban J connectivity index is 2.27. The van der Waals surface area contributed by atoms with E-state index in [4.69, 9.17) is 11.0 Å². The van der Waals surface area contributed by atoms with Crippen LogP contribution in [0, 0.1) is 18.3 Å². The van der Waals surface area contributed by atoms with Crippen LogP contribution < -0.4 is 5.73 Å². The molecule has 2 aromatic carbocycles. The summed E-state index contributed by atoms with van der Waals surface area (Å²) in [5.41, 5.74) is 9.36. The van der Waals surface area contributed by atoms with Crippen LogP contribution in [0.15, 0.2) is 53.5 Å². The van der Waals surface area contributed by atoms with Gasteiger partial charge in [0.1, 0.15) is 5.84 Å². The number of nitriles is 1. The average molecular weight is 235 g/mol. The van der Waals surface area contributed by atoms with Crippen LogP contribution in [-0.4, -0.2) is 5.84 Å². The number of aryl methyl sites for hydroxylation is 1. The van der Waals surface area contributed by atoms with Gasteiger partial charge in [-0.2, -0.15) is 5.26 Å². The first-order valence-corrected chi connectivity index (χ1v) is 5.60. The second-order valence-corrected chi connectivity index (χ2v) is 4.02. The summed E-state index contributed by atoms with van der Waals surface area (Å²) in [4.78, 5) is 4.34. The minimum absolute atomic E-state index is 0.448. The van der Waals surface area contributed by atoms with Crippen molar-refractivity contribution in [1.29, 1.82) is 5.26 Å². The largest absolute Gasteiger partial charge is 0.383 e. The SMILES string of the molecule is Cc1ccc(N=C(N)c2ccc(C#N)cc2)cc1. The fourth-order valence-electron chi connectivity index (χ4n) is 1.54. The molecule has 0 amide bonds. The molecule has 0 spiro atoms. The van der Waals surface area contributed by atoms with Gasteiger partial charge in [0.2, 0.25) is 0 Å². The second-order valence-electron chi connectivity index (χ2n) is 4.02. The Morgan fingerprint density at radius 2 is 1.67 bits per heavy atom. The van der Waals surface area contributed by atoms with Gasteiger partial charge < -0.3 is 5.73 Å². The van der Waals surface area contributed by atoms with Gasteiger partial charge in [0, 0.05) is 5.56 Å². The highest BCUT2D eigenvalue weighted by molar-refractivity contribution is 5.99. The van der Waals surface area contributed by atoms with Gasteiger partial charge in [-0.1, -0.05) is 17.7 Å². The molecule has 0 aliphatic carbocycles. The smallest absolute Gasteiger partial charge is 0.131 e. The molecule has 18 heavy (non-hydrogen) atoms. The summed E-state index contributed by atoms with van der Waals surface area (Å²) in [6.07, 6.45) is 0. The van der Waals surface area contributed by atoms with Crippen LogP contribution in [0.25, 0.3) is 0 Å². The lowest BCUT2D eigenvalue weighted by Crippen LogP contribution is -2.12. The topological polar surface area (TPSA) is 62.2 Å². The van der Waals surface area contributed by atoms with Crippen LogP contribution in [0.5, 0.6) is 0 Å². The first-order chi connectivity index (χ1) is 8.69. The van der Waals surface area contributed by atoms with E-state index in [1.165, 1.54) is 5.56 Å². The van der Waals surface area contributed by atoms with Gasteiger partial charge in [0.15, 0.2) is 0 Å². The molecule has 0 fully saturated rings. The summed E-state index contributed by atoms with van der Waals surface area (Å²) in [7, 11) is 0. The first kappa shape index (κ1) is 11.9. The minimum Gasteiger partial charge on any atom is -0.383 e. The molecule has 0 aromatic heterocycles. The van der Waals surface area contributed by atoms with Crippen LogP contribution in [0.4, 0.5) is 5.69 Å². The van der Waals surface area contributed by atoms with Crippen molar-refractivity contribution in [2.75, 3.05) is 0 Å². The lowest BCUT2D eigenvalue weighted by atomic mass is 10.1. The molecule has 0 atom stereocenters. The lowest BCUT2D eigenvalue weighted by Gasteiger charge is -2.01. The van der Waals surface area contributed by atoms with Gasteiger partial charge in [-0.25, -0.2) is 4.99 Å². The van der Waals surface area contributed by atoms with Crippen molar-refractivity contribution in [2.45, 2.75) is 6.92 Å². The van der Waals surface area contributed by atoms with Crippen LogP contribution in [0.3, 0.4) is 0 Å². The fraction of sp³-hybridized carbons (Fsp3) is 0.0667. The molecular weight excluding hydrogens is 222 g/mol. The van der Waals surface area contributed by atoms with Crippen molar-refractivity contribution >= 4 is 11.5 Å². The molecule has 0 aliphatic heterocycles. The molecule has 0 radical (unpaired) electrons. The summed E-state index contributed by atoms with van der Waals surface area (Å²) < 4.78 is 0. The maximum absolute atomic E-state index is 8.72. The van der Waals surface area contributed by atoms with Crippen LogP contribution in [0.1, 0.15) is 16.7 Å². The van der Waals surface area contributed by atoms with Gasteiger partial charge >= 0.3 is 0 Å². The Labute approximate surface area is 106 Å². The third kappa shape index (κ3) is 2.74. The van der Waals surface area contributed by atoms with Gasteiger partial charge in [-0.15, -0.1) is 0 Å². The highest BCUT2D eigenvalue weighted by atomic mass is 14.9. The van der Waals surface area contributed by atoms with E-state index in [2.05, 4.69) is 11.1 Å². The average Bonchev–Trinajstić information content (AvgIpc) is 2.41. The van der Waals surface area contributed by atoms with Crippen molar-refractivity contribution < 1.29 is 0 Å². The maximum Gasteiger partial charge on any atom is 0.131 e. The molecule has 3 heteroatoms. The Morgan fingerprint density at radius 1 is 1.06 bits per heavy atom. The number of nitrogens with zero attached hydrogens (tertiary/aromatic N) is 2. The first-order valence-electron chi connectivity index (χ1n) is 5.60. The molecule has 2 rings (SSSR count). The lowest BCUT2D eigenvalue weighted by molar-refractivity contribution is 1.41. The summed E-state index contributed by atoms with van der Waals surface area (Å²) in [5.74, 6) is 0.448. The summed E-state index contributed by atoms with van der Waals surface area (Å²) in [6, 6.07) is 16.9. The Kier molecular flexibility index (Phi) is 3.40. The Hall–Kier alpha value is -2.60. The van der Waals surface area contributed by atoms with Gasteiger partial charge in [-0.05, 0) is 43.3 Å². The number of rotatable bonds is 2. The van der Waals surface area contributed by atoms with E-state index in [9.17, 15) is 0 Å². The van der Waals surface area contributed by atoms with Crippen molar-refractivity contribution in [3.05, 3.63) is 65.2 Å². The summed E-state index contributed by atoms with van der Waals surface area (Å²) in [6.45, 7) is 2.03. The number of nitrogens with two attached hydrogens (primary N) is 1. The summed E-state index contributed by atoms with van der Waals surface area (Å²) in [5, 5.41) is 8.72. The zero-order valence-electron chi connectivity index (χ0n) is 10.1. The predicted octanol–water partition coefficient (Wildman–Crippen LogP) is 2.90. The molecule has 0 saturated carbocycles. The molecule has 88 valence electrons. The van der Waals surface area contributed by atoms with E-state index in [0.717, 1.165) is 11.3 Å². The van der Waals surface area contributed by atoms with Gasteiger partial charge in [-0.3, -0.25) is 0 Å². The van der Waals surface area contributed by atoms with E-state index >= 15 is 0 Å². The number of aliphatic imine (C=N–C) groups is 1. The Morgan fingerprint density at radius 3 is 2.22 bits per heavy atom. The molecule has 2 N–H and O–H groups in total. The van der Waals surface area contributed by atoms with E-state index in [1.807, 2.05) is 31.2 Å². The van der Waals surface area contributed by atoms with Crippen molar-refractivity contribution in [3.63, 3.8) is 0 Å². The Bertz CT molecular complexity index is 602. The fourth-order valence-corrected chi connectivity index (χ4v) is 1.54. The number of amidine groups is 1. The third-order valence-corrected chi connectivity index (χ3v) is 2.59. The van der Waals surface area contributed by atoms with E-state index < -0.39 is 0 Å². The minimum atomic E-state index is 0.448. The quantitative estimate of drug-likeness (QED) is 0.642. The molecule has 0 aliphatic rings. The number of hydrogen-bond donors (Lipinski definition) is 1. The normalized spacial score (nSPS) is 11.0. The van der Waals surface area contributed by atoms with Crippen molar-refractivity contribution in [3.8, 4) is 6.07 Å². The van der Waals surface area contributed by atoms with Crippen LogP contribution in [-0.2, 0) is 0 Å². The second kappa shape index (κ2) is 5.15. The zero-order chi connectivity index (χ0) is 13.0. The third-order valence-electron chi connectivity index (χ3n) is 2.59. The van der Waals surface area contributed by atoms with Crippen molar-refractivity contribution in [2.24, 2.45) is 10.7 Å². The molecule has 0 unspecified atom stereocenters. The monoisotopic (exact) mass is 235 g/mol. The number of benzene rings is 2. The van der Waals surface area contributed by atoms with E-state index in [0.29, 0.717) is 11.4 Å². The highest BCUT2D eigenvalue weighted by Gasteiger charge is 1.99. The molecular formula is C15H13N3. The van der Waals surface area contributed by atoms with E-state index in [1.54, 1.807) is 24.3 Å². The van der Waals surface area contributed by atoms with Crippen molar-refractivity contribution in [1.82, 2.24) is 0 Å². The predicted molar refractivity (Wildman–Crippen MR) is 72.7 cm³/mol. The van der Waals surface area contributed by atoms with Gasteiger partial charge in [0.25, 0.3) is 0 Å². The van der Waals surface area contributed by atoms with Crippen LogP contribution >= 0.6 is 0 Å². The van der Waals surface area contributed by atoms with Crippen LogP contribution in [0.2, 0.25) is 0 Å². The standard InChI is InChI=1S/C15H13N3/c1-11-2-8-14(9-3-11)18-15(17)13-6-4-12(10-16)5-7-13/h2-9H,1H3,(H2,17,18). The number of hydrogen-bond acceptors (Lipinski definition) is 2. The summed E-state index contributed by atoms with van der Waals surface area (Å²) >= 11 is 0. The molecule has 0 bridgehead atoms. The molecule has 3 nitrogen and oxygen atoms in total. The zero-order valence-corrected chi connectivity index (χ0v) is 10.1. The molecule has 0 heterocycles. The highest BCUT2D eigenvalue weighted by Crippen LogP contribution is 2.14. The van der Waals surface area contributed by atoms with Gasteiger partial charge in [0.05, 0.1) is 17.3 Å². The maximum atomic E-state index is 8.72.